The van der Waals surface area contributed by atoms with Crippen LogP contribution in [-0.2, 0) is 0 Å². The van der Waals surface area contributed by atoms with Crippen LogP contribution in [0, 0.1) is 13.8 Å². The normalized spacial score (nSPS) is 12.7. The van der Waals surface area contributed by atoms with E-state index in [0.717, 1.165) is 16.9 Å². The minimum atomic E-state index is -0.282. The van der Waals surface area contributed by atoms with Crippen molar-refractivity contribution in [3.05, 3.63) is 28.8 Å². The smallest absolute Gasteiger partial charge is 0.125 e. The van der Waals surface area contributed by atoms with Gasteiger partial charge in [-0.3, -0.25) is 0 Å². The van der Waals surface area contributed by atoms with Crippen molar-refractivity contribution in [2.24, 2.45) is 5.73 Å². The van der Waals surface area contributed by atoms with E-state index in [2.05, 4.69) is 18.7 Å². The van der Waals surface area contributed by atoms with Gasteiger partial charge in [0.15, 0.2) is 0 Å². The molecule has 0 saturated carbocycles. The number of nitrogens with two attached hydrogens (primary N) is 1. The molecule has 0 fully saturated rings. The van der Waals surface area contributed by atoms with Gasteiger partial charge in [0.1, 0.15) is 5.75 Å². The highest BCUT2D eigenvalue weighted by molar-refractivity contribution is 7.80. The Labute approximate surface area is 84.5 Å². The Hall–Kier alpha value is -0.670. The molecule has 0 radical (unpaired) electrons. The van der Waals surface area contributed by atoms with Gasteiger partial charge in [-0.1, -0.05) is 6.07 Å². The molecule has 0 spiro atoms. The fraction of sp³-hybridized carbons (Fsp3) is 0.400. The lowest BCUT2D eigenvalue weighted by molar-refractivity contribution is 0.409. The van der Waals surface area contributed by atoms with Crippen LogP contribution in [0.15, 0.2) is 12.1 Å². The van der Waals surface area contributed by atoms with Gasteiger partial charge < -0.3 is 10.5 Å². The summed E-state index contributed by atoms with van der Waals surface area (Å²) >= 11 is 4.21. The number of aryl methyl sites for hydroxylation is 2. The van der Waals surface area contributed by atoms with E-state index in [9.17, 15) is 0 Å². The predicted octanol–water partition coefficient (Wildman–Crippen LogP) is 2.20. The first kappa shape index (κ1) is 10.4. The highest BCUT2D eigenvalue weighted by Crippen LogP contribution is 2.30. The molecule has 0 saturated heterocycles. The highest BCUT2D eigenvalue weighted by atomic mass is 32.1. The van der Waals surface area contributed by atoms with E-state index in [1.54, 1.807) is 7.11 Å². The third-order valence-corrected chi connectivity index (χ3v) is 2.27. The van der Waals surface area contributed by atoms with Crippen molar-refractivity contribution in [1.82, 2.24) is 0 Å². The molecule has 2 N–H and O–H groups in total. The van der Waals surface area contributed by atoms with Crippen LogP contribution in [0.2, 0.25) is 0 Å². The van der Waals surface area contributed by atoms with Gasteiger partial charge in [0.25, 0.3) is 0 Å². The quantitative estimate of drug-likeness (QED) is 0.563. The first-order valence-electron chi connectivity index (χ1n) is 4.15. The molecule has 0 aromatic heterocycles. The van der Waals surface area contributed by atoms with Crippen molar-refractivity contribution in [3.8, 4) is 5.75 Å². The second-order valence-corrected chi connectivity index (χ2v) is 3.70. The lowest BCUT2D eigenvalue weighted by atomic mass is 10.0. The van der Waals surface area contributed by atoms with Crippen LogP contribution in [0.25, 0.3) is 0 Å². The molecule has 0 aliphatic heterocycles. The number of benzene rings is 1. The predicted molar refractivity (Wildman–Crippen MR) is 58.4 cm³/mol. The molecule has 0 bridgehead atoms. The summed E-state index contributed by atoms with van der Waals surface area (Å²) in [6, 6.07) is 4.05. The third kappa shape index (κ3) is 2.17. The zero-order valence-corrected chi connectivity index (χ0v) is 9.06. The summed E-state index contributed by atoms with van der Waals surface area (Å²) in [6.45, 7) is 4.05. The molecule has 3 heteroatoms. The fourth-order valence-corrected chi connectivity index (χ4v) is 1.82. The third-order valence-electron chi connectivity index (χ3n) is 2.01. The summed E-state index contributed by atoms with van der Waals surface area (Å²) in [5, 5.41) is -0.282. The molecule has 1 atom stereocenters. The van der Waals surface area contributed by atoms with Crippen LogP contribution in [0.1, 0.15) is 22.1 Å². The Morgan fingerprint density at radius 2 is 2.00 bits per heavy atom. The molecule has 1 rings (SSSR count). The lowest BCUT2D eigenvalue weighted by Crippen LogP contribution is -2.07. The van der Waals surface area contributed by atoms with Crippen LogP contribution >= 0.6 is 12.6 Å². The van der Waals surface area contributed by atoms with E-state index >= 15 is 0 Å². The van der Waals surface area contributed by atoms with Gasteiger partial charge in [-0.15, -0.1) is 0 Å². The number of ether oxygens (including phenoxy) is 1. The molecule has 0 aliphatic carbocycles. The topological polar surface area (TPSA) is 35.2 Å². The molecular formula is C10H15NOS. The van der Waals surface area contributed by atoms with E-state index in [0.29, 0.717) is 0 Å². The Morgan fingerprint density at radius 3 is 2.46 bits per heavy atom. The van der Waals surface area contributed by atoms with Gasteiger partial charge in [0.05, 0.1) is 12.5 Å². The monoisotopic (exact) mass is 197 g/mol. The SMILES string of the molecule is COc1cc(C)cc(C)c1C(N)S. The van der Waals surface area contributed by atoms with Crippen molar-refractivity contribution in [1.29, 1.82) is 0 Å². The number of hydrogen-bond acceptors (Lipinski definition) is 3. The number of thiol groups is 1. The van der Waals surface area contributed by atoms with Gasteiger partial charge in [-0.25, -0.2) is 0 Å². The van der Waals surface area contributed by atoms with Crippen molar-refractivity contribution in [3.63, 3.8) is 0 Å². The largest absolute Gasteiger partial charge is 0.496 e. The van der Waals surface area contributed by atoms with E-state index in [1.807, 2.05) is 19.9 Å². The van der Waals surface area contributed by atoms with Crippen molar-refractivity contribution >= 4 is 12.6 Å². The van der Waals surface area contributed by atoms with E-state index < -0.39 is 0 Å². The first-order valence-corrected chi connectivity index (χ1v) is 4.66. The van der Waals surface area contributed by atoms with E-state index in [-0.39, 0.29) is 5.37 Å². The Bertz CT molecular complexity index is 310. The summed E-state index contributed by atoms with van der Waals surface area (Å²) in [4.78, 5) is 0. The minimum Gasteiger partial charge on any atom is -0.496 e. The second-order valence-electron chi connectivity index (χ2n) is 3.14. The Morgan fingerprint density at radius 1 is 1.38 bits per heavy atom. The lowest BCUT2D eigenvalue weighted by Gasteiger charge is -2.15. The highest BCUT2D eigenvalue weighted by Gasteiger charge is 2.11. The molecule has 0 aliphatic rings. The summed E-state index contributed by atoms with van der Waals surface area (Å²) < 4.78 is 5.24. The van der Waals surface area contributed by atoms with Crippen LogP contribution in [0.4, 0.5) is 0 Å². The summed E-state index contributed by atoms with van der Waals surface area (Å²) in [6.07, 6.45) is 0. The zero-order chi connectivity index (χ0) is 10.0. The Balaban J connectivity index is 3.30. The minimum absolute atomic E-state index is 0.282. The Kier molecular flexibility index (Phi) is 3.22. The van der Waals surface area contributed by atoms with Crippen LogP contribution < -0.4 is 10.5 Å². The maximum Gasteiger partial charge on any atom is 0.125 e. The number of methoxy groups -OCH3 is 1. The average Bonchev–Trinajstić information content (AvgIpc) is 2.01. The summed E-state index contributed by atoms with van der Waals surface area (Å²) in [5.41, 5.74) is 8.99. The second kappa shape index (κ2) is 4.03. The van der Waals surface area contributed by atoms with E-state index in [1.165, 1.54) is 5.56 Å². The first-order chi connectivity index (χ1) is 6.06. The number of rotatable bonds is 2. The van der Waals surface area contributed by atoms with Crippen LogP contribution in [0.5, 0.6) is 5.75 Å². The van der Waals surface area contributed by atoms with Gasteiger partial charge in [0.2, 0.25) is 0 Å². The molecule has 1 aromatic rings. The molecular weight excluding hydrogens is 182 g/mol. The van der Waals surface area contributed by atoms with Gasteiger partial charge in [-0.05, 0) is 31.0 Å². The van der Waals surface area contributed by atoms with Crippen molar-refractivity contribution in [2.45, 2.75) is 19.2 Å². The molecule has 0 heterocycles. The van der Waals surface area contributed by atoms with Gasteiger partial charge in [-0.2, -0.15) is 12.6 Å². The maximum absolute atomic E-state index is 5.73. The van der Waals surface area contributed by atoms with E-state index in [4.69, 9.17) is 10.5 Å². The number of hydrogen-bond donors (Lipinski definition) is 2. The molecule has 13 heavy (non-hydrogen) atoms. The van der Waals surface area contributed by atoms with Gasteiger partial charge in [0, 0.05) is 5.56 Å². The molecule has 1 aromatic carbocycles. The average molecular weight is 197 g/mol. The fourth-order valence-electron chi connectivity index (χ4n) is 1.49. The van der Waals surface area contributed by atoms with Crippen LogP contribution in [0.3, 0.4) is 0 Å². The van der Waals surface area contributed by atoms with Crippen molar-refractivity contribution < 1.29 is 4.74 Å². The molecule has 2 nitrogen and oxygen atoms in total. The standard InChI is InChI=1S/C10H15NOS/c1-6-4-7(2)9(10(11)13)8(5-6)12-3/h4-5,10,13H,11H2,1-3H3. The molecule has 72 valence electrons. The maximum atomic E-state index is 5.73. The molecule has 1 unspecified atom stereocenters. The summed E-state index contributed by atoms with van der Waals surface area (Å²) in [5.74, 6) is 0.819. The zero-order valence-electron chi connectivity index (χ0n) is 8.16. The van der Waals surface area contributed by atoms with Crippen molar-refractivity contribution in [2.75, 3.05) is 7.11 Å². The summed E-state index contributed by atoms with van der Waals surface area (Å²) in [7, 11) is 1.65. The van der Waals surface area contributed by atoms with Crippen LogP contribution in [-0.4, -0.2) is 7.11 Å². The molecule has 0 amide bonds. The van der Waals surface area contributed by atoms with Gasteiger partial charge >= 0.3 is 0 Å².